The number of hydrogen-bond acceptors (Lipinski definition) is 14. The van der Waals surface area contributed by atoms with Crippen molar-refractivity contribution in [2.75, 3.05) is 76.1 Å². The van der Waals surface area contributed by atoms with E-state index in [0.717, 1.165) is 4.90 Å². The summed E-state index contributed by atoms with van der Waals surface area (Å²) in [6.45, 7) is 31.9. The number of rotatable bonds is 17. The van der Waals surface area contributed by atoms with Crippen LogP contribution < -0.4 is 5.32 Å². The van der Waals surface area contributed by atoms with E-state index in [2.05, 4.69) is 10.2 Å². The zero-order chi connectivity index (χ0) is 70.1. The van der Waals surface area contributed by atoms with Crippen molar-refractivity contribution in [2.24, 2.45) is 59.2 Å². The van der Waals surface area contributed by atoms with E-state index in [1.54, 1.807) is 54.7 Å². The molecule has 14 atom stereocenters. The first-order valence-electron chi connectivity index (χ1n) is 33.4. The summed E-state index contributed by atoms with van der Waals surface area (Å²) in [5.74, 6) is -11.2. The van der Waals surface area contributed by atoms with Crippen LogP contribution in [0.3, 0.4) is 0 Å². The predicted molar refractivity (Wildman–Crippen MR) is 354 cm³/mol. The average molecular weight is 1280 g/mol. The van der Waals surface area contributed by atoms with Crippen LogP contribution in [0, 0.1) is 59.2 Å². The molecule has 2 fully saturated rings. The fraction of sp³-hybridized carbons (Fsp3) is 0.812. The lowest BCUT2D eigenvalue weighted by atomic mass is 9.83. The minimum atomic E-state index is -1.61. The van der Waals surface area contributed by atoms with Crippen LogP contribution in [0.15, 0.2) is 12.2 Å². The highest BCUT2D eigenvalue weighted by Gasteiger charge is 2.47. The van der Waals surface area contributed by atoms with Gasteiger partial charge in [-0.05, 0) is 87.4 Å². The maximum absolute atomic E-state index is 15.3. The monoisotopic (exact) mass is 1280 g/mol. The van der Waals surface area contributed by atoms with Gasteiger partial charge >= 0.3 is 0 Å². The van der Waals surface area contributed by atoms with Crippen molar-refractivity contribution in [1.29, 1.82) is 0 Å². The third-order valence-electron chi connectivity index (χ3n) is 19.1. The smallest absolute Gasteiger partial charge is 0.246 e. The van der Waals surface area contributed by atoms with Crippen LogP contribution in [0.5, 0.6) is 0 Å². The van der Waals surface area contributed by atoms with Gasteiger partial charge in [0.25, 0.3) is 0 Å². The molecule has 22 heteroatoms. The summed E-state index contributed by atoms with van der Waals surface area (Å²) in [6, 6.07) is -9.65. The third kappa shape index (κ3) is 21.7. The molecule has 0 spiro atoms. The highest BCUT2D eigenvalue weighted by atomic mass is 16.5. The number of ketones is 3. The van der Waals surface area contributed by atoms with Gasteiger partial charge in [0.05, 0.1) is 24.3 Å². The number of likely N-dealkylation sites (N-methyl/N-ethyl adjacent to an activating group) is 7. The van der Waals surface area contributed by atoms with Crippen molar-refractivity contribution in [3.63, 3.8) is 0 Å². The number of carbonyl (C=O) groups is 11. The molecular weight excluding hydrogens is 1160 g/mol. The van der Waals surface area contributed by atoms with E-state index in [1.165, 1.54) is 85.7 Å². The Morgan fingerprint density at radius 3 is 1.45 bits per heavy atom. The number of nitrogens with zero attached hydrogens (tertiary/aromatic N) is 8. The molecule has 0 unspecified atom stereocenters. The number of carbonyl (C=O) groups excluding carboxylic acids is 11. The van der Waals surface area contributed by atoms with E-state index in [0.29, 0.717) is 26.1 Å². The van der Waals surface area contributed by atoms with Crippen LogP contribution in [-0.4, -0.2) is 246 Å². The number of allylic oxidation sites excluding steroid dienone is 2. The van der Waals surface area contributed by atoms with Gasteiger partial charge in [-0.25, -0.2) is 0 Å². The lowest BCUT2D eigenvalue weighted by Crippen LogP contribution is -2.63. The molecule has 91 heavy (non-hydrogen) atoms. The summed E-state index contributed by atoms with van der Waals surface area (Å²) in [4.78, 5) is 175. The number of methoxy groups -OCH3 is 1. The van der Waals surface area contributed by atoms with Crippen molar-refractivity contribution in [3.05, 3.63) is 12.2 Å². The van der Waals surface area contributed by atoms with Crippen molar-refractivity contribution >= 4 is 64.6 Å². The normalized spacial score (nSPS) is 28.5. The van der Waals surface area contributed by atoms with Crippen molar-refractivity contribution < 1.29 is 62.6 Å². The average Bonchev–Trinajstić information content (AvgIpc) is 2.74. The van der Waals surface area contributed by atoms with Crippen LogP contribution in [0.4, 0.5) is 0 Å². The van der Waals surface area contributed by atoms with Crippen LogP contribution in [0.25, 0.3) is 0 Å². The first kappa shape index (κ1) is 81.5. The third-order valence-corrected chi connectivity index (χ3v) is 19.1. The van der Waals surface area contributed by atoms with Gasteiger partial charge in [0, 0.05) is 113 Å². The fourth-order valence-corrected chi connectivity index (χ4v) is 12.9. The molecule has 2 heterocycles. The number of amides is 8. The van der Waals surface area contributed by atoms with Gasteiger partial charge in [-0.2, -0.15) is 0 Å². The lowest BCUT2D eigenvalue weighted by Gasteiger charge is -2.43. The van der Waals surface area contributed by atoms with E-state index in [9.17, 15) is 33.9 Å². The summed E-state index contributed by atoms with van der Waals surface area (Å²) in [7, 11) is 11.9. The van der Waals surface area contributed by atoms with Crippen molar-refractivity contribution in [1.82, 2.24) is 44.5 Å². The Morgan fingerprint density at radius 1 is 0.516 bits per heavy atom. The first-order valence-corrected chi connectivity index (χ1v) is 33.4. The van der Waals surface area contributed by atoms with E-state index in [-0.39, 0.29) is 80.4 Å². The molecule has 0 aromatic carbocycles. The van der Waals surface area contributed by atoms with E-state index in [4.69, 9.17) is 4.74 Å². The zero-order valence-corrected chi connectivity index (χ0v) is 60.4. The molecule has 520 valence electrons. The number of nitrogens with one attached hydrogen (secondary N) is 1. The predicted octanol–water partition coefficient (Wildman–Crippen LogP) is 5.85. The van der Waals surface area contributed by atoms with Crippen LogP contribution in [0.1, 0.15) is 169 Å². The largest absolute Gasteiger partial charge is 0.390 e. The minimum Gasteiger partial charge on any atom is -0.390 e. The number of aliphatic hydroxyl groups is 1. The maximum atomic E-state index is 15.3. The Hall–Kier alpha value is -5.61. The highest BCUT2D eigenvalue weighted by Crippen LogP contribution is 2.30. The number of hydrogen-bond donors (Lipinski definition) is 2. The van der Waals surface area contributed by atoms with Crippen LogP contribution in [0.2, 0.25) is 0 Å². The molecule has 0 aromatic heterocycles. The first-order chi connectivity index (χ1) is 42.1. The Morgan fingerprint density at radius 2 is 0.978 bits per heavy atom. The van der Waals surface area contributed by atoms with Gasteiger partial charge in [-0.3, -0.25) is 57.6 Å². The number of likely N-dealkylation sites (tertiary alicyclic amines) is 1. The molecule has 0 saturated carbocycles. The summed E-state index contributed by atoms with van der Waals surface area (Å²) in [5.41, 5.74) is 0. The summed E-state index contributed by atoms with van der Waals surface area (Å²) in [6.07, 6.45) is 2.27. The van der Waals surface area contributed by atoms with Gasteiger partial charge in [0.2, 0.25) is 47.3 Å². The summed E-state index contributed by atoms with van der Waals surface area (Å²) >= 11 is 0. The Bertz CT molecular complexity index is 2510. The molecule has 0 bridgehead atoms. The Balaban J connectivity index is 3.04. The van der Waals surface area contributed by atoms with E-state index >= 15 is 24.0 Å². The topological polar surface area (TPSA) is 255 Å². The van der Waals surface area contributed by atoms with Gasteiger partial charge in [0.15, 0.2) is 11.6 Å². The minimum absolute atomic E-state index is 0.00638. The molecule has 8 amide bonds. The second-order valence-corrected chi connectivity index (χ2v) is 28.8. The molecule has 2 rings (SSSR count). The SMILES string of the molecule is C/C=C/C[C@@H](C)[C@@H](O)[C@H]1C(=O)N[C@@H](CC)C(=O)N(C)[C@H](C)C(=O)N(C)[C@@H]([C@H](C)CN2CC(OC)C2)C(=O)C[C@@H](C(C)C)C(=O)N(C)[C@@H](CC(C)C)C(=O)C[C@@H](C)C(=O)C[C@H](C)C(=O)N(C)[C@@H](CC(C)C)C(=O)N(C)[C@@H](CC(C)C)C(=O)N(C)[C@@H](C(C)C)C(=O)N1C. The molecular formula is C69H121N9O13. The fourth-order valence-electron chi connectivity index (χ4n) is 12.9. The van der Waals surface area contributed by atoms with Gasteiger partial charge < -0.3 is 49.5 Å². The van der Waals surface area contributed by atoms with Crippen LogP contribution in [-0.2, 0) is 57.5 Å². The summed E-state index contributed by atoms with van der Waals surface area (Å²) in [5, 5.41) is 15.0. The highest BCUT2D eigenvalue weighted by molar-refractivity contribution is 6.00. The number of Topliss-reactive ketones (excluding diaryl/α,β-unsaturated/α-hetero) is 3. The van der Waals surface area contributed by atoms with Gasteiger partial charge in [0.1, 0.15) is 42.0 Å². The molecule has 2 aliphatic rings. The van der Waals surface area contributed by atoms with E-state index in [1.807, 2.05) is 75.3 Å². The van der Waals surface area contributed by atoms with Gasteiger partial charge in [-0.15, -0.1) is 0 Å². The standard InChI is InChI=1S/C69H121N9O13/c1-26-28-29-44(13)61(82)60-62(83)70-51(27-2)66(87)71(18)48(17)64(85)76(23)59(47(16)36-78-37-49(38-78)91-25)57(81)35-50(42(9)10)65(86)72(19)52(30-39(3)4)56(80)33-45(14)55(79)34-46(15)63(84)73(20)53(31-40(5)6)67(88)74(21)54(32-41(7)8)68(89)75(22)58(43(11)12)69(90)77(60)24/h26,28,39-54,58-61,82H,27,29-38H2,1-25H3,(H,70,83)/b28-26+/t44-,45-,46+,47-,48-,50+,51+,52+,53+,54+,58+,59+,60+,61-/m1/s1. The number of aliphatic hydroxyl groups excluding tert-OH is 1. The second-order valence-electron chi connectivity index (χ2n) is 28.8. The quantitative estimate of drug-likeness (QED) is 0.162. The number of ether oxygens (including phenoxy) is 1. The molecule has 0 radical (unpaired) electrons. The van der Waals surface area contributed by atoms with Crippen molar-refractivity contribution in [3.8, 4) is 0 Å². The Labute approximate surface area is 546 Å². The molecule has 22 nitrogen and oxygen atoms in total. The molecule has 0 aromatic rings. The van der Waals surface area contributed by atoms with Crippen molar-refractivity contribution in [2.45, 2.75) is 230 Å². The zero-order valence-electron chi connectivity index (χ0n) is 60.4. The molecule has 2 aliphatic heterocycles. The molecule has 0 aliphatic carbocycles. The molecule has 2 N–H and O–H groups in total. The lowest BCUT2D eigenvalue weighted by molar-refractivity contribution is -0.157. The summed E-state index contributed by atoms with van der Waals surface area (Å²) < 4.78 is 5.53. The second kappa shape index (κ2) is 36.7. The molecule has 2 saturated heterocycles. The van der Waals surface area contributed by atoms with E-state index < -0.39 is 149 Å². The Kier molecular flexibility index (Phi) is 32.9. The van der Waals surface area contributed by atoms with Crippen LogP contribution >= 0.6 is 0 Å². The van der Waals surface area contributed by atoms with Gasteiger partial charge in [-0.1, -0.05) is 116 Å². The maximum Gasteiger partial charge on any atom is 0.246 e.